The zero-order chi connectivity index (χ0) is 12.3. The van der Waals surface area contributed by atoms with Gasteiger partial charge < -0.3 is 10.8 Å². The van der Waals surface area contributed by atoms with Gasteiger partial charge in [-0.25, -0.2) is 0 Å². The smallest absolute Gasteiger partial charge is 0.303 e. The minimum Gasteiger partial charge on any atom is -0.481 e. The first kappa shape index (κ1) is 13.2. The predicted molar refractivity (Wildman–Crippen MR) is 67.4 cm³/mol. The third-order valence-corrected chi connectivity index (χ3v) is 3.20. The number of aliphatic carboxylic acids is 1. The first-order valence-electron chi connectivity index (χ1n) is 5.16. The Balaban J connectivity index is 2.90. The minimum absolute atomic E-state index is 0.103. The Morgan fingerprint density at radius 2 is 2.12 bits per heavy atom. The zero-order valence-electron chi connectivity index (χ0n) is 9.46. The molecule has 88 valence electrons. The first-order chi connectivity index (χ1) is 7.41. The lowest BCUT2D eigenvalue weighted by Crippen LogP contribution is -2.14. The lowest BCUT2D eigenvalue weighted by molar-refractivity contribution is -0.137. The van der Waals surface area contributed by atoms with E-state index in [-0.39, 0.29) is 12.5 Å². The Morgan fingerprint density at radius 3 is 2.69 bits per heavy atom. The van der Waals surface area contributed by atoms with E-state index in [2.05, 4.69) is 15.9 Å². The third kappa shape index (κ3) is 3.32. The summed E-state index contributed by atoms with van der Waals surface area (Å²) in [4.78, 5) is 10.5. The van der Waals surface area contributed by atoms with Gasteiger partial charge in [0.05, 0.1) is 0 Å². The van der Waals surface area contributed by atoms with Crippen molar-refractivity contribution in [2.24, 2.45) is 5.73 Å². The van der Waals surface area contributed by atoms with Gasteiger partial charge in [0.1, 0.15) is 0 Å². The van der Waals surface area contributed by atoms with Crippen LogP contribution < -0.4 is 5.73 Å². The number of rotatable bonds is 4. The lowest BCUT2D eigenvalue weighted by atomic mass is 9.95. The van der Waals surface area contributed by atoms with Gasteiger partial charge in [-0.05, 0) is 49.1 Å². The third-order valence-electron chi connectivity index (χ3n) is 2.74. The van der Waals surface area contributed by atoms with Gasteiger partial charge in [0.2, 0.25) is 0 Å². The van der Waals surface area contributed by atoms with Crippen LogP contribution in [0.5, 0.6) is 0 Å². The van der Waals surface area contributed by atoms with E-state index < -0.39 is 5.97 Å². The molecule has 0 amide bonds. The van der Waals surface area contributed by atoms with E-state index in [1.54, 1.807) is 0 Å². The highest BCUT2D eigenvalue weighted by Crippen LogP contribution is 2.26. The highest BCUT2D eigenvalue weighted by Gasteiger charge is 2.12. The largest absolute Gasteiger partial charge is 0.481 e. The SMILES string of the molecule is Cc1cc(Br)cc(C(N)CCC(=O)O)c1C. The second kappa shape index (κ2) is 5.46. The Morgan fingerprint density at radius 1 is 1.50 bits per heavy atom. The molecule has 4 heteroatoms. The van der Waals surface area contributed by atoms with E-state index in [4.69, 9.17) is 10.8 Å². The van der Waals surface area contributed by atoms with Crippen LogP contribution in [-0.4, -0.2) is 11.1 Å². The molecule has 1 unspecified atom stereocenters. The number of hydrogen-bond acceptors (Lipinski definition) is 2. The molecule has 0 aromatic heterocycles. The first-order valence-corrected chi connectivity index (χ1v) is 5.95. The fourth-order valence-corrected chi connectivity index (χ4v) is 2.25. The number of aryl methyl sites for hydroxylation is 1. The average Bonchev–Trinajstić information content (AvgIpc) is 2.19. The summed E-state index contributed by atoms with van der Waals surface area (Å²) >= 11 is 3.42. The second-order valence-corrected chi connectivity index (χ2v) is 4.89. The number of carboxylic acids is 1. The van der Waals surface area contributed by atoms with Crippen LogP contribution in [0.25, 0.3) is 0 Å². The number of benzene rings is 1. The molecule has 0 bridgehead atoms. The molecule has 0 saturated carbocycles. The Labute approximate surface area is 104 Å². The van der Waals surface area contributed by atoms with Gasteiger partial charge in [-0.3, -0.25) is 4.79 Å². The topological polar surface area (TPSA) is 63.3 Å². The summed E-state index contributed by atoms with van der Waals surface area (Å²) in [6.07, 6.45) is 0.568. The Kier molecular flexibility index (Phi) is 4.50. The van der Waals surface area contributed by atoms with E-state index in [9.17, 15) is 4.79 Å². The summed E-state index contributed by atoms with van der Waals surface area (Å²) in [6, 6.07) is 3.78. The zero-order valence-corrected chi connectivity index (χ0v) is 11.0. The number of nitrogens with two attached hydrogens (primary N) is 1. The van der Waals surface area contributed by atoms with Crippen molar-refractivity contribution in [1.29, 1.82) is 0 Å². The maximum absolute atomic E-state index is 10.5. The van der Waals surface area contributed by atoms with E-state index in [1.807, 2.05) is 26.0 Å². The van der Waals surface area contributed by atoms with Crippen LogP contribution in [0.1, 0.15) is 35.6 Å². The fourth-order valence-electron chi connectivity index (χ4n) is 1.66. The van der Waals surface area contributed by atoms with Crippen LogP contribution in [0, 0.1) is 13.8 Å². The summed E-state index contributed by atoms with van der Waals surface area (Å²) in [6.45, 7) is 4.03. The van der Waals surface area contributed by atoms with Crippen molar-refractivity contribution in [1.82, 2.24) is 0 Å². The molecule has 1 aromatic rings. The van der Waals surface area contributed by atoms with Gasteiger partial charge in [-0.1, -0.05) is 15.9 Å². The van der Waals surface area contributed by atoms with Crippen LogP contribution in [0.3, 0.4) is 0 Å². The molecule has 0 aliphatic carbocycles. The molecule has 1 rings (SSSR count). The number of hydrogen-bond donors (Lipinski definition) is 2. The van der Waals surface area contributed by atoms with Crippen molar-refractivity contribution in [2.75, 3.05) is 0 Å². The monoisotopic (exact) mass is 285 g/mol. The van der Waals surface area contributed by atoms with E-state index in [0.29, 0.717) is 6.42 Å². The van der Waals surface area contributed by atoms with E-state index in [1.165, 1.54) is 0 Å². The molecular weight excluding hydrogens is 270 g/mol. The lowest BCUT2D eigenvalue weighted by Gasteiger charge is -2.16. The number of carbonyl (C=O) groups is 1. The molecule has 16 heavy (non-hydrogen) atoms. The van der Waals surface area contributed by atoms with Crippen LogP contribution >= 0.6 is 15.9 Å². The summed E-state index contributed by atoms with van der Waals surface area (Å²) < 4.78 is 0.983. The highest BCUT2D eigenvalue weighted by molar-refractivity contribution is 9.10. The molecule has 3 N–H and O–H groups in total. The number of halogens is 1. The van der Waals surface area contributed by atoms with Crippen LogP contribution in [0.4, 0.5) is 0 Å². The second-order valence-electron chi connectivity index (χ2n) is 3.98. The number of carboxylic acid groups (broad SMARTS) is 1. The van der Waals surface area contributed by atoms with Gasteiger partial charge in [0.15, 0.2) is 0 Å². The Hall–Kier alpha value is -0.870. The Bertz CT molecular complexity index is 404. The molecule has 0 aliphatic heterocycles. The molecular formula is C12H16BrNO2. The maximum atomic E-state index is 10.5. The summed E-state index contributed by atoms with van der Waals surface area (Å²) in [7, 11) is 0. The highest BCUT2D eigenvalue weighted by atomic mass is 79.9. The summed E-state index contributed by atoms with van der Waals surface area (Å²) in [5.74, 6) is -0.806. The van der Waals surface area contributed by atoms with Crippen LogP contribution in [0.15, 0.2) is 16.6 Å². The molecule has 1 aromatic carbocycles. The van der Waals surface area contributed by atoms with Gasteiger partial charge in [0.25, 0.3) is 0 Å². The molecule has 0 fully saturated rings. The molecule has 3 nitrogen and oxygen atoms in total. The molecule has 1 atom stereocenters. The standard InChI is InChI=1S/C12H16BrNO2/c1-7-5-9(13)6-10(8(7)2)11(14)3-4-12(15)16/h5-6,11H,3-4,14H2,1-2H3,(H,15,16). The van der Waals surface area contributed by atoms with Crippen molar-refractivity contribution in [2.45, 2.75) is 32.7 Å². The van der Waals surface area contributed by atoms with Crippen molar-refractivity contribution in [3.8, 4) is 0 Å². The molecule has 0 spiro atoms. The van der Waals surface area contributed by atoms with Crippen molar-refractivity contribution < 1.29 is 9.90 Å². The van der Waals surface area contributed by atoms with Crippen molar-refractivity contribution >= 4 is 21.9 Å². The summed E-state index contributed by atoms with van der Waals surface area (Å²) in [5, 5.41) is 8.62. The quantitative estimate of drug-likeness (QED) is 0.894. The van der Waals surface area contributed by atoms with E-state index >= 15 is 0 Å². The van der Waals surface area contributed by atoms with E-state index in [0.717, 1.165) is 21.2 Å². The predicted octanol–water partition coefficient (Wildman–Crippen LogP) is 2.93. The molecule has 0 saturated heterocycles. The molecule has 0 heterocycles. The minimum atomic E-state index is -0.806. The van der Waals surface area contributed by atoms with Crippen molar-refractivity contribution in [3.63, 3.8) is 0 Å². The average molecular weight is 286 g/mol. The summed E-state index contributed by atoms with van der Waals surface area (Å²) in [5.41, 5.74) is 9.32. The van der Waals surface area contributed by atoms with Gasteiger partial charge in [-0.15, -0.1) is 0 Å². The van der Waals surface area contributed by atoms with Gasteiger partial charge in [-0.2, -0.15) is 0 Å². The van der Waals surface area contributed by atoms with Crippen LogP contribution in [-0.2, 0) is 4.79 Å². The van der Waals surface area contributed by atoms with Crippen molar-refractivity contribution in [3.05, 3.63) is 33.3 Å². The molecule has 0 aliphatic rings. The van der Waals surface area contributed by atoms with Gasteiger partial charge >= 0.3 is 5.97 Å². The normalized spacial score (nSPS) is 12.5. The maximum Gasteiger partial charge on any atom is 0.303 e. The van der Waals surface area contributed by atoms with Crippen LogP contribution in [0.2, 0.25) is 0 Å². The molecule has 0 radical (unpaired) electrons. The van der Waals surface area contributed by atoms with Gasteiger partial charge in [0, 0.05) is 16.9 Å². The fraction of sp³-hybridized carbons (Fsp3) is 0.417.